The molecule has 0 aromatic carbocycles. The summed E-state index contributed by atoms with van der Waals surface area (Å²) in [4.78, 5) is 11.6. The number of hydrogen-bond donors (Lipinski definition) is 3. The first-order valence-corrected chi connectivity index (χ1v) is 7.15. The van der Waals surface area contributed by atoms with Crippen molar-refractivity contribution in [3.8, 4) is 0 Å². The van der Waals surface area contributed by atoms with Gasteiger partial charge in [0.05, 0.1) is 6.61 Å². The van der Waals surface area contributed by atoms with E-state index in [1.807, 2.05) is 0 Å². The summed E-state index contributed by atoms with van der Waals surface area (Å²) in [6, 6.07) is -0.0360. The van der Waals surface area contributed by atoms with Gasteiger partial charge >= 0.3 is 6.03 Å². The van der Waals surface area contributed by atoms with Crippen LogP contribution in [0.15, 0.2) is 0 Å². The van der Waals surface area contributed by atoms with Gasteiger partial charge in [0.25, 0.3) is 0 Å². The van der Waals surface area contributed by atoms with Gasteiger partial charge < -0.3 is 20.7 Å². The fourth-order valence-electron chi connectivity index (χ4n) is 2.60. The van der Waals surface area contributed by atoms with E-state index in [-0.39, 0.29) is 6.03 Å². The van der Waals surface area contributed by atoms with Crippen molar-refractivity contribution in [2.45, 2.75) is 25.7 Å². The number of urea groups is 1. The minimum absolute atomic E-state index is 0.0360. The van der Waals surface area contributed by atoms with Gasteiger partial charge in [-0.2, -0.15) is 0 Å². The van der Waals surface area contributed by atoms with E-state index in [1.54, 1.807) is 0 Å². The number of ether oxygens (including phenoxy) is 1. The minimum Gasteiger partial charge on any atom is -0.381 e. The van der Waals surface area contributed by atoms with Crippen molar-refractivity contribution in [2.24, 2.45) is 11.8 Å². The molecule has 2 fully saturated rings. The molecule has 2 aliphatic rings. The highest BCUT2D eigenvalue weighted by Crippen LogP contribution is 2.12. The third-order valence-electron chi connectivity index (χ3n) is 3.76. The molecule has 0 aliphatic carbocycles. The molecule has 0 radical (unpaired) electrons. The zero-order valence-electron chi connectivity index (χ0n) is 11.0. The highest BCUT2D eigenvalue weighted by molar-refractivity contribution is 5.73. The monoisotopic (exact) mass is 255 g/mol. The van der Waals surface area contributed by atoms with Crippen molar-refractivity contribution in [2.75, 3.05) is 39.4 Å². The Kier molecular flexibility index (Phi) is 5.74. The quantitative estimate of drug-likeness (QED) is 0.693. The Morgan fingerprint density at radius 2 is 1.94 bits per heavy atom. The van der Waals surface area contributed by atoms with Crippen LogP contribution >= 0.6 is 0 Å². The third-order valence-corrected chi connectivity index (χ3v) is 3.76. The lowest BCUT2D eigenvalue weighted by molar-refractivity contribution is 0.0557. The molecule has 3 N–H and O–H groups in total. The van der Waals surface area contributed by atoms with Gasteiger partial charge in [-0.05, 0) is 50.6 Å². The van der Waals surface area contributed by atoms with Crippen molar-refractivity contribution in [3.63, 3.8) is 0 Å². The van der Waals surface area contributed by atoms with E-state index in [0.29, 0.717) is 11.8 Å². The summed E-state index contributed by atoms with van der Waals surface area (Å²) in [5, 5.41) is 9.26. The van der Waals surface area contributed by atoms with Gasteiger partial charge in [-0.3, -0.25) is 0 Å². The molecule has 0 saturated carbocycles. The molecule has 5 nitrogen and oxygen atoms in total. The molecule has 0 bridgehead atoms. The highest BCUT2D eigenvalue weighted by atomic mass is 16.5. The molecule has 0 aromatic heterocycles. The summed E-state index contributed by atoms with van der Waals surface area (Å²) >= 11 is 0. The second-order valence-electron chi connectivity index (χ2n) is 5.39. The summed E-state index contributed by atoms with van der Waals surface area (Å²) in [7, 11) is 0. The number of carbonyl (C=O) groups is 1. The fraction of sp³-hybridized carbons (Fsp3) is 0.923. The molecule has 2 heterocycles. The maximum absolute atomic E-state index is 11.6. The Hall–Kier alpha value is -0.810. The molecule has 2 rings (SSSR count). The third kappa shape index (κ3) is 4.82. The summed E-state index contributed by atoms with van der Waals surface area (Å²) in [6.07, 6.45) is 4.70. The number of piperidine rings is 1. The van der Waals surface area contributed by atoms with Gasteiger partial charge in [-0.1, -0.05) is 0 Å². The van der Waals surface area contributed by atoms with E-state index in [1.165, 1.54) is 12.8 Å². The highest BCUT2D eigenvalue weighted by Gasteiger charge is 2.16. The smallest absolute Gasteiger partial charge is 0.314 e. The van der Waals surface area contributed by atoms with Crippen LogP contribution in [-0.4, -0.2) is 45.4 Å². The molecule has 5 heteroatoms. The van der Waals surface area contributed by atoms with Crippen molar-refractivity contribution in [3.05, 3.63) is 0 Å². The topological polar surface area (TPSA) is 62.4 Å². The number of nitrogens with one attached hydrogen (secondary N) is 3. The van der Waals surface area contributed by atoms with Gasteiger partial charge in [-0.25, -0.2) is 4.79 Å². The first-order valence-electron chi connectivity index (χ1n) is 7.15. The van der Waals surface area contributed by atoms with Crippen LogP contribution in [-0.2, 0) is 4.74 Å². The average Bonchev–Trinajstić information content (AvgIpc) is 2.45. The van der Waals surface area contributed by atoms with Crippen LogP contribution in [0.4, 0.5) is 4.79 Å². The van der Waals surface area contributed by atoms with Crippen molar-refractivity contribution in [1.29, 1.82) is 0 Å². The van der Waals surface area contributed by atoms with E-state index in [2.05, 4.69) is 16.0 Å². The van der Waals surface area contributed by atoms with E-state index in [4.69, 9.17) is 4.74 Å². The maximum Gasteiger partial charge on any atom is 0.314 e. The predicted octanol–water partition coefficient (Wildman–Crippen LogP) is 0.712. The molecule has 0 aromatic rings. The zero-order chi connectivity index (χ0) is 12.6. The molecule has 2 unspecified atom stereocenters. The largest absolute Gasteiger partial charge is 0.381 e. The Labute approximate surface area is 109 Å². The molecule has 2 aliphatic heterocycles. The lowest BCUT2D eigenvalue weighted by atomic mass is 10.00. The van der Waals surface area contributed by atoms with Gasteiger partial charge in [0.1, 0.15) is 0 Å². The number of hydrogen-bond acceptors (Lipinski definition) is 3. The lowest BCUT2D eigenvalue weighted by Gasteiger charge is -2.24. The second-order valence-corrected chi connectivity index (χ2v) is 5.39. The summed E-state index contributed by atoms with van der Waals surface area (Å²) in [5.74, 6) is 1.07. The van der Waals surface area contributed by atoms with E-state index in [9.17, 15) is 4.79 Å². The van der Waals surface area contributed by atoms with Crippen LogP contribution in [0, 0.1) is 11.8 Å². The van der Waals surface area contributed by atoms with E-state index in [0.717, 1.165) is 52.2 Å². The maximum atomic E-state index is 11.6. The predicted molar refractivity (Wildman–Crippen MR) is 70.5 cm³/mol. The minimum atomic E-state index is -0.0360. The summed E-state index contributed by atoms with van der Waals surface area (Å²) in [6.45, 7) is 5.31. The number of carbonyl (C=O) groups excluding carboxylic acids is 1. The van der Waals surface area contributed by atoms with E-state index < -0.39 is 0 Å². The number of rotatable bonds is 4. The van der Waals surface area contributed by atoms with Gasteiger partial charge in [0, 0.05) is 19.7 Å². The summed E-state index contributed by atoms with van der Waals surface area (Å²) < 4.78 is 5.39. The van der Waals surface area contributed by atoms with Crippen LogP contribution in [0.25, 0.3) is 0 Å². The van der Waals surface area contributed by atoms with Gasteiger partial charge in [0.15, 0.2) is 0 Å². The molecule has 104 valence electrons. The molecule has 0 spiro atoms. The molecular weight excluding hydrogens is 230 g/mol. The standard InChI is InChI=1S/C13H25N3O2/c17-13(15-8-11-3-1-5-14-7-11)16-9-12-4-2-6-18-10-12/h11-12,14H,1-10H2,(H2,15,16,17). The molecule has 18 heavy (non-hydrogen) atoms. The lowest BCUT2D eigenvalue weighted by Crippen LogP contribution is -2.44. The van der Waals surface area contributed by atoms with Crippen molar-refractivity contribution >= 4 is 6.03 Å². The first kappa shape index (κ1) is 13.6. The molecule has 2 saturated heterocycles. The first-order chi connectivity index (χ1) is 8.84. The zero-order valence-corrected chi connectivity index (χ0v) is 11.0. The molecule has 2 amide bonds. The van der Waals surface area contributed by atoms with E-state index >= 15 is 0 Å². The van der Waals surface area contributed by atoms with Gasteiger partial charge in [-0.15, -0.1) is 0 Å². The van der Waals surface area contributed by atoms with Crippen LogP contribution in [0.5, 0.6) is 0 Å². The second kappa shape index (κ2) is 7.59. The number of amides is 2. The Bertz CT molecular complexity index is 225. The van der Waals surface area contributed by atoms with Crippen molar-refractivity contribution in [1.82, 2.24) is 16.0 Å². The van der Waals surface area contributed by atoms with Crippen LogP contribution in [0.2, 0.25) is 0 Å². The van der Waals surface area contributed by atoms with Crippen LogP contribution < -0.4 is 16.0 Å². The van der Waals surface area contributed by atoms with Crippen LogP contribution in [0.1, 0.15) is 25.7 Å². The Morgan fingerprint density at radius 1 is 1.17 bits per heavy atom. The normalized spacial score (nSPS) is 28.7. The molecule has 2 atom stereocenters. The van der Waals surface area contributed by atoms with Crippen molar-refractivity contribution < 1.29 is 9.53 Å². The van der Waals surface area contributed by atoms with Crippen LogP contribution in [0.3, 0.4) is 0 Å². The summed E-state index contributed by atoms with van der Waals surface area (Å²) in [5.41, 5.74) is 0. The SMILES string of the molecule is O=C(NCC1CCCNC1)NCC1CCCOC1. The average molecular weight is 255 g/mol. The Morgan fingerprint density at radius 3 is 2.61 bits per heavy atom. The molecular formula is C13H25N3O2. The van der Waals surface area contributed by atoms with Gasteiger partial charge in [0.2, 0.25) is 0 Å². The fourth-order valence-corrected chi connectivity index (χ4v) is 2.60. The Balaban J connectivity index is 1.54.